The standard InChI is InChI=1S/C15H16N4O4S/c1-10-18-19-15(23-10)14-7-13(9-16-14)24(20,21)17-8-11-4-3-5-12(6-11)22-2/h3-7,9,16-17H,8H2,1-2H3. The Morgan fingerprint density at radius 1 is 1.29 bits per heavy atom. The normalized spacial score (nSPS) is 11.6. The lowest BCUT2D eigenvalue weighted by atomic mass is 10.2. The Kier molecular flexibility index (Phi) is 4.36. The second-order valence-electron chi connectivity index (χ2n) is 5.05. The smallest absolute Gasteiger partial charge is 0.264 e. The minimum absolute atomic E-state index is 0.0937. The van der Waals surface area contributed by atoms with Crippen molar-refractivity contribution in [2.45, 2.75) is 18.4 Å². The minimum Gasteiger partial charge on any atom is -0.497 e. The van der Waals surface area contributed by atoms with Crippen molar-refractivity contribution < 1.29 is 17.6 Å². The van der Waals surface area contributed by atoms with Gasteiger partial charge < -0.3 is 14.1 Å². The summed E-state index contributed by atoms with van der Waals surface area (Å²) < 4.78 is 37.7. The van der Waals surface area contributed by atoms with Gasteiger partial charge in [0.05, 0.1) is 7.11 Å². The quantitative estimate of drug-likeness (QED) is 0.703. The molecule has 0 saturated carbocycles. The maximum atomic E-state index is 12.4. The number of ether oxygens (including phenoxy) is 1. The summed E-state index contributed by atoms with van der Waals surface area (Å²) >= 11 is 0. The van der Waals surface area contributed by atoms with Gasteiger partial charge in [0.15, 0.2) is 0 Å². The zero-order chi connectivity index (χ0) is 17.2. The van der Waals surface area contributed by atoms with Crippen LogP contribution in [-0.2, 0) is 16.6 Å². The Morgan fingerprint density at radius 2 is 2.12 bits per heavy atom. The number of aromatic amines is 1. The average molecular weight is 348 g/mol. The van der Waals surface area contributed by atoms with Crippen LogP contribution in [0, 0.1) is 6.92 Å². The molecule has 0 aliphatic heterocycles. The second-order valence-corrected chi connectivity index (χ2v) is 6.82. The summed E-state index contributed by atoms with van der Waals surface area (Å²) in [7, 11) is -2.11. The molecule has 2 heterocycles. The zero-order valence-electron chi connectivity index (χ0n) is 13.1. The van der Waals surface area contributed by atoms with Gasteiger partial charge in [0.25, 0.3) is 5.89 Å². The lowest BCUT2D eigenvalue weighted by Crippen LogP contribution is -2.22. The number of aryl methyl sites for hydroxylation is 1. The van der Waals surface area contributed by atoms with E-state index in [4.69, 9.17) is 9.15 Å². The zero-order valence-corrected chi connectivity index (χ0v) is 13.9. The third kappa shape index (κ3) is 3.47. The number of hydrogen-bond acceptors (Lipinski definition) is 6. The van der Waals surface area contributed by atoms with Crippen LogP contribution in [0.1, 0.15) is 11.5 Å². The van der Waals surface area contributed by atoms with Crippen LogP contribution in [-0.4, -0.2) is 30.7 Å². The largest absolute Gasteiger partial charge is 0.497 e. The Balaban J connectivity index is 1.74. The van der Waals surface area contributed by atoms with Crippen LogP contribution >= 0.6 is 0 Å². The Labute approximate surface area is 138 Å². The first-order chi connectivity index (χ1) is 11.5. The first-order valence-electron chi connectivity index (χ1n) is 7.09. The number of benzene rings is 1. The molecule has 0 aliphatic rings. The summed E-state index contributed by atoms with van der Waals surface area (Å²) in [4.78, 5) is 2.92. The molecule has 2 N–H and O–H groups in total. The van der Waals surface area contributed by atoms with Gasteiger partial charge in [-0.1, -0.05) is 12.1 Å². The predicted octanol–water partition coefficient (Wildman–Crippen LogP) is 1.86. The van der Waals surface area contributed by atoms with Crippen molar-refractivity contribution in [2.75, 3.05) is 7.11 Å². The van der Waals surface area contributed by atoms with Crippen LogP contribution in [0.15, 0.2) is 45.8 Å². The van der Waals surface area contributed by atoms with Gasteiger partial charge in [-0.3, -0.25) is 0 Å². The molecule has 0 spiro atoms. The molecule has 0 atom stereocenters. The maximum Gasteiger partial charge on any atom is 0.264 e. The van der Waals surface area contributed by atoms with Crippen LogP contribution in [0.2, 0.25) is 0 Å². The van der Waals surface area contributed by atoms with E-state index >= 15 is 0 Å². The van der Waals surface area contributed by atoms with Crippen molar-refractivity contribution in [3.8, 4) is 17.3 Å². The van der Waals surface area contributed by atoms with Crippen molar-refractivity contribution in [1.82, 2.24) is 19.9 Å². The predicted molar refractivity (Wildman–Crippen MR) is 85.8 cm³/mol. The molecule has 0 radical (unpaired) electrons. The molecule has 0 saturated heterocycles. The van der Waals surface area contributed by atoms with Gasteiger partial charge in [0.1, 0.15) is 16.3 Å². The molecule has 3 aromatic rings. The van der Waals surface area contributed by atoms with Crippen LogP contribution in [0.4, 0.5) is 0 Å². The fourth-order valence-corrected chi connectivity index (χ4v) is 3.11. The summed E-state index contributed by atoms with van der Waals surface area (Å²) in [5.74, 6) is 1.31. The van der Waals surface area contributed by atoms with Gasteiger partial charge >= 0.3 is 0 Å². The Morgan fingerprint density at radius 3 is 2.83 bits per heavy atom. The average Bonchev–Trinajstić information content (AvgIpc) is 3.22. The summed E-state index contributed by atoms with van der Waals surface area (Å²) in [6.07, 6.45) is 1.38. The molecule has 1 aromatic carbocycles. The van der Waals surface area contributed by atoms with Gasteiger partial charge in [0, 0.05) is 19.7 Å². The van der Waals surface area contributed by atoms with Gasteiger partial charge in [-0.25, -0.2) is 13.1 Å². The van der Waals surface area contributed by atoms with E-state index in [0.29, 0.717) is 17.3 Å². The topological polar surface area (TPSA) is 110 Å². The van der Waals surface area contributed by atoms with Crippen molar-refractivity contribution in [2.24, 2.45) is 0 Å². The van der Waals surface area contributed by atoms with Crippen LogP contribution in [0.3, 0.4) is 0 Å². The summed E-state index contributed by atoms with van der Waals surface area (Å²) in [5.41, 5.74) is 1.23. The number of nitrogens with one attached hydrogen (secondary N) is 2. The number of sulfonamides is 1. The van der Waals surface area contributed by atoms with Crippen molar-refractivity contribution in [3.63, 3.8) is 0 Å². The minimum atomic E-state index is -3.67. The molecule has 2 aromatic heterocycles. The molecule has 0 bridgehead atoms. The first kappa shape index (κ1) is 16.2. The van der Waals surface area contributed by atoms with E-state index in [0.717, 1.165) is 5.56 Å². The lowest BCUT2D eigenvalue weighted by Gasteiger charge is -2.06. The molecular weight excluding hydrogens is 332 g/mol. The van der Waals surface area contributed by atoms with E-state index in [-0.39, 0.29) is 17.3 Å². The summed E-state index contributed by atoms with van der Waals surface area (Å²) in [6, 6.07) is 8.62. The van der Waals surface area contributed by atoms with E-state index in [9.17, 15) is 8.42 Å². The molecule has 126 valence electrons. The molecular formula is C15H16N4O4S. The highest BCUT2D eigenvalue weighted by atomic mass is 32.2. The van der Waals surface area contributed by atoms with Gasteiger partial charge in [0.2, 0.25) is 15.9 Å². The molecule has 3 rings (SSSR count). The van der Waals surface area contributed by atoms with E-state index in [1.807, 2.05) is 6.07 Å². The van der Waals surface area contributed by atoms with E-state index in [1.165, 1.54) is 12.3 Å². The lowest BCUT2D eigenvalue weighted by molar-refractivity contribution is 0.414. The summed E-state index contributed by atoms with van der Waals surface area (Å²) in [5, 5.41) is 7.56. The van der Waals surface area contributed by atoms with E-state index < -0.39 is 10.0 Å². The third-order valence-electron chi connectivity index (χ3n) is 3.32. The number of hydrogen-bond donors (Lipinski definition) is 2. The van der Waals surface area contributed by atoms with Gasteiger partial charge in [-0.15, -0.1) is 10.2 Å². The first-order valence-corrected chi connectivity index (χ1v) is 8.58. The number of methoxy groups -OCH3 is 1. The molecule has 0 aliphatic carbocycles. The highest BCUT2D eigenvalue weighted by Gasteiger charge is 2.18. The number of nitrogens with zero attached hydrogens (tertiary/aromatic N) is 2. The Hall–Kier alpha value is -2.65. The third-order valence-corrected chi connectivity index (χ3v) is 4.70. The molecule has 9 heteroatoms. The number of aromatic nitrogens is 3. The molecule has 0 fully saturated rings. The van der Waals surface area contributed by atoms with Crippen LogP contribution in [0.25, 0.3) is 11.6 Å². The van der Waals surface area contributed by atoms with Crippen molar-refractivity contribution in [1.29, 1.82) is 0 Å². The van der Waals surface area contributed by atoms with Crippen molar-refractivity contribution in [3.05, 3.63) is 48.0 Å². The molecule has 0 amide bonds. The van der Waals surface area contributed by atoms with E-state index in [1.54, 1.807) is 32.2 Å². The Bertz CT molecular complexity index is 946. The molecule has 0 unspecified atom stereocenters. The SMILES string of the molecule is COc1cccc(CNS(=O)(=O)c2c[nH]c(-c3nnc(C)o3)c2)c1. The highest BCUT2D eigenvalue weighted by molar-refractivity contribution is 7.89. The van der Waals surface area contributed by atoms with Crippen LogP contribution in [0.5, 0.6) is 5.75 Å². The van der Waals surface area contributed by atoms with Gasteiger partial charge in [-0.05, 0) is 23.8 Å². The number of rotatable bonds is 6. The monoisotopic (exact) mass is 348 g/mol. The summed E-state index contributed by atoms with van der Waals surface area (Å²) in [6.45, 7) is 1.81. The van der Waals surface area contributed by atoms with E-state index in [2.05, 4.69) is 19.9 Å². The van der Waals surface area contributed by atoms with Crippen LogP contribution < -0.4 is 9.46 Å². The molecule has 24 heavy (non-hydrogen) atoms. The maximum absolute atomic E-state index is 12.4. The fourth-order valence-electron chi connectivity index (χ4n) is 2.10. The van der Waals surface area contributed by atoms with Crippen molar-refractivity contribution >= 4 is 10.0 Å². The number of H-pyrrole nitrogens is 1. The fraction of sp³-hybridized carbons (Fsp3) is 0.200. The molecule has 8 nitrogen and oxygen atoms in total. The second kappa shape index (κ2) is 6.46. The van der Waals surface area contributed by atoms with Gasteiger partial charge in [-0.2, -0.15) is 0 Å². The highest BCUT2D eigenvalue weighted by Crippen LogP contribution is 2.20.